The number of nitrogens with two attached hydrogens (primary N) is 1. The Morgan fingerprint density at radius 1 is 1.22 bits per heavy atom. The van der Waals surface area contributed by atoms with E-state index in [0.717, 1.165) is 22.6 Å². The second-order valence-electron chi connectivity index (χ2n) is 3.94. The number of nitrogens with zero attached hydrogens (tertiary/aromatic N) is 2. The Balaban J connectivity index is 1.93. The van der Waals surface area contributed by atoms with Gasteiger partial charge >= 0.3 is 0 Å². The first kappa shape index (κ1) is 10.8. The predicted molar refractivity (Wildman–Crippen MR) is 69.5 cm³/mol. The maximum Gasteiger partial charge on any atom is 0.219 e. The highest BCUT2D eigenvalue weighted by atomic mass is 16.5. The van der Waals surface area contributed by atoms with Gasteiger partial charge in [-0.05, 0) is 29.8 Å². The molecule has 1 radical (unpaired) electrons. The third kappa shape index (κ3) is 1.94. The van der Waals surface area contributed by atoms with Gasteiger partial charge in [0.25, 0.3) is 0 Å². The Morgan fingerprint density at radius 2 is 2.17 bits per heavy atom. The molecule has 18 heavy (non-hydrogen) atoms. The van der Waals surface area contributed by atoms with E-state index in [9.17, 15) is 0 Å². The van der Waals surface area contributed by atoms with Crippen molar-refractivity contribution in [2.45, 2.75) is 6.54 Å². The van der Waals surface area contributed by atoms with Crippen molar-refractivity contribution in [1.82, 2.24) is 10.3 Å². The lowest BCUT2D eigenvalue weighted by atomic mass is 10.2. The molecule has 1 aromatic heterocycles. The first-order valence-corrected chi connectivity index (χ1v) is 5.70. The van der Waals surface area contributed by atoms with E-state index in [1.165, 1.54) is 0 Å². The minimum Gasteiger partial charge on any atom is -0.438 e. The number of hydrogen-bond acceptors (Lipinski definition) is 3. The average Bonchev–Trinajstić information content (AvgIpc) is 2.88. The first-order chi connectivity index (χ1) is 8.86. The molecule has 0 atom stereocenters. The van der Waals surface area contributed by atoms with Gasteiger partial charge in [0.15, 0.2) is 0 Å². The van der Waals surface area contributed by atoms with Gasteiger partial charge in [-0.15, -0.1) is 0 Å². The first-order valence-electron chi connectivity index (χ1n) is 5.70. The number of benzene rings is 1. The molecule has 0 amide bonds. The summed E-state index contributed by atoms with van der Waals surface area (Å²) in [6, 6.07) is 9.48. The van der Waals surface area contributed by atoms with Crippen LogP contribution in [0.25, 0.3) is 6.08 Å². The quantitative estimate of drug-likeness (QED) is 0.893. The Hall–Kier alpha value is -2.33. The van der Waals surface area contributed by atoms with E-state index < -0.39 is 0 Å². The maximum absolute atomic E-state index is 5.79. The monoisotopic (exact) mass is 238 g/mol. The summed E-state index contributed by atoms with van der Waals surface area (Å²) in [5.74, 6) is 1.30. The number of ether oxygens (including phenoxy) is 1. The summed E-state index contributed by atoms with van der Waals surface area (Å²) in [7, 11) is 0. The van der Waals surface area contributed by atoms with Crippen LogP contribution in [0.1, 0.15) is 11.1 Å². The minimum absolute atomic E-state index is 0.473. The second-order valence-corrected chi connectivity index (χ2v) is 3.94. The largest absolute Gasteiger partial charge is 0.438 e. The lowest BCUT2D eigenvalue weighted by molar-refractivity contribution is 0.461. The molecule has 2 aromatic rings. The van der Waals surface area contributed by atoms with Crippen molar-refractivity contribution in [1.29, 1.82) is 0 Å². The van der Waals surface area contributed by atoms with E-state index in [4.69, 9.17) is 10.5 Å². The van der Waals surface area contributed by atoms with Crippen LogP contribution < -0.4 is 15.8 Å². The van der Waals surface area contributed by atoms with Crippen LogP contribution in [0.4, 0.5) is 5.69 Å². The van der Waals surface area contributed by atoms with E-state index in [0.29, 0.717) is 12.4 Å². The smallest absolute Gasteiger partial charge is 0.219 e. The van der Waals surface area contributed by atoms with E-state index in [-0.39, 0.29) is 0 Å². The van der Waals surface area contributed by atoms with Crippen molar-refractivity contribution in [2.24, 2.45) is 5.73 Å². The highest BCUT2D eigenvalue weighted by molar-refractivity contribution is 5.74. The SMILES string of the molecule is NCc1ccnc(Oc2cccc3c2C=C[N]3)c1. The second kappa shape index (κ2) is 4.50. The van der Waals surface area contributed by atoms with Gasteiger partial charge in [-0.25, -0.2) is 4.98 Å². The summed E-state index contributed by atoms with van der Waals surface area (Å²) in [4.78, 5) is 4.18. The molecule has 0 saturated carbocycles. The minimum atomic E-state index is 0.473. The molecule has 1 aliphatic heterocycles. The number of pyridine rings is 1. The normalized spacial score (nSPS) is 12.1. The number of hydrogen-bond donors (Lipinski definition) is 1. The van der Waals surface area contributed by atoms with Crippen molar-refractivity contribution in [2.75, 3.05) is 0 Å². The zero-order chi connectivity index (χ0) is 12.4. The molecule has 4 heteroatoms. The zero-order valence-corrected chi connectivity index (χ0v) is 9.71. The van der Waals surface area contributed by atoms with Gasteiger partial charge in [0.05, 0.1) is 5.69 Å². The molecule has 0 saturated heterocycles. The van der Waals surface area contributed by atoms with E-state index in [1.807, 2.05) is 36.4 Å². The van der Waals surface area contributed by atoms with Gasteiger partial charge in [0.1, 0.15) is 5.75 Å². The molecule has 4 nitrogen and oxygen atoms in total. The molecule has 1 aliphatic rings. The Kier molecular flexibility index (Phi) is 2.70. The molecular weight excluding hydrogens is 226 g/mol. The molecule has 0 bridgehead atoms. The molecule has 0 unspecified atom stereocenters. The third-order valence-corrected chi connectivity index (χ3v) is 2.75. The van der Waals surface area contributed by atoms with Gasteiger partial charge < -0.3 is 10.5 Å². The molecule has 2 N–H and O–H groups in total. The van der Waals surface area contributed by atoms with Crippen molar-refractivity contribution in [3.63, 3.8) is 0 Å². The van der Waals surface area contributed by atoms with Crippen LogP contribution >= 0.6 is 0 Å². The van der Waals surface area contributed by atoms with Gasteiger partial charge in [0, 0.05) is 30.6 Å². The van der Waals surface area contributed by atoms with Crippen LogP contribution in [0.5, 0.6) is 11.6 Å². The average molecular weight is 238 g/mol. The van der Waals surface area contributed by atoms with Crippen molar-refractivity contribution in [3.8, 4) is 11.6 Å². The summed E-state index contributed by atoms with van der Waals surface area (Å²) < 4.78 is 5.79. The van der Waals surface area contributed by atoms with Crippen LogP contribution in [-0.2, 0) is 6.54 Å². The molecule has 0 spiro atoms. The fourth-order valence-electron chi connectivity index (χ4n) is 1.84. The van der Waals surface area contributed by atoms with E-state index >= 15 is 0 Å². The molecule has 89 valence electrons. The molecule has 2 heterocycles. The van der Waals surface area contributed by atoms with Crippen molar-refractivity contribution < 1.29 is 4.74 Å². The highest BCUT2D eigenvalue weighted by Crippen LogP contribution is 2.34. The summed E-state index contributed by atoms with van der Waals surface area (Å²) in [6.07, 6.45) is 5.39. The molecule has 3 rings (SSSR count). The Bertz CT molecular complexity index is 608. The fraction of sp³-hybridized carbons (Fsp3) is 0.0714. The van der Waals surface area contributed by atoms with Gasteiger partial charge in [0.2, 0.25) is 5.88 Å². The molecular formula is C14H12N3O. The Labute approximate surface area is 105 Å². The topological polar surface area (TPSA) is 62.2 Å². The summed E-state index contributed by atoms with van der Waals surface area (Å²) >= 11 is 0. The predicted octanol–water partition coefficient (Wildman–Crippen LogP) is 2.55. The fourth-order valence-corrected chi connectivity index (χ4v) is 1.84. The summed E-state index contributed by atoms with van der Waals surface area (Å²) in [5.41, 5.74) is 8.49. The van der Waals surface area contributed by atoms with Crippen molar-refractivity contribution in [3.05, 3.63) is 53.9 Å². The Morgan fingerprint density at radius 3 is 3.06 bits per heavy atom. The zero-order valence-electron chi connectivity index (χ0n) is 9.71. The maximum atomic E-state index is 5.79. The van der Waals surface area contributed by atoms with Crippen molar-refractivity contribution >= 4 is 11.8 Å². The number of rotatable bonds is 3. The van der Waals surface area contributed by atoms with Crippen LogP contribution in [0.3, 0.4) is 0 Å². The van der Waals surface area contributed by atoms with Crippen LogP contribution in [-0.4, -0.2) is 4.98 Å². The lowest BCUT2D eigenvalue weighted by Crippen LogP contribution is -1.97. The summed E-state index contributed by atoms with van der Waals surface area (Å²) in [5, 5.41) is 4.23. The number of fused-ring (bicyclic) bond motifs is 1. The van der Waals surface area contributed by atoms with Crippen LogP contribution in [0.2, 0.25) is 0 Å². The molecule has 0 aliphatic carbocycles. The van der Waals surface area contributed by atoms with Gasteiger partial charge in [-0.3, -0.25) is 5.32 Å². The van der Waals surface area contributed by atoms with Crippen LogP contribution in [0.15, 0.2) is 42.7 Å². The summed E-state index contributed by atoms with van der Waals surface area (Å²) in [6.45, 7) is 0.473. The van der Waals surface area contributed by atoms with E-state index in [2.05, 4.69) is 10.3 Å². The van der Waals surface area contributed by atoms with Gasteiger partial charge in [-0.2, -0.15) is 0 Å². The third-order valence-electron chi connectivity index (χ3n) is 2.75. The van der Waals surface area contributed by atoms with E-state index in [1.54, 1.807) is 12.4 Å². The molecule has 0 fully saturated rings. The highest BCUT2D eigenvalue weighted by Gasteiger charge is 2.12. The number of aromatic nitrogens is 1. The standard InChI is InChI=1S/C14H12N3O/c15-9-10-4-6-17-14(8-10)18-13-3-1-2-12-11(13)5-7-16-12/h1-8H,9,15H2. The lowest BCUT2D eigenvalue weighted by Gasteiger charge is -2.08. The van der Waals surface area contributed by atoms with Crippen LogP contribution in [0, 0.1) is 0 Å². The van der Waals surface area contributed by atoms with Gasteiger partial charge in [-0.1, -0.05) is 6.07 Å². The molecule has 1 aromatic carbocycles.